The van der Waals surface area contributed by atoms with Crippen LogP contribution in [0.1, 0.15) is 40.0 Å². The first-order chi connectivity index (χ1) is 9.04. The van der Waals surface area contributed by atoms with Crippen LogP contribution in [0.5, 0.6) is 0 Å². The summed E-state index contributed by atoms with van der Waals surface area (Å²) in [5, 5.41) is 9.70. The maximum Gasteiger partial charge on any atom is 0.0278 e. The van der Waals surface area contributed by atoms with Crippen LogP contribution in [0.25, 0.3) is 0 Å². The van der Waals surface area contributed by atoms with Gasteiger partial charge < -0.3 is 16.0 Å². The molecule has 0 radical (unpaired) electrons. The molecule has 19 heavy (non-hydrogen) atoms. The summed E-state index contributed by atoms with van der Waals surface area (Å²) in [6.45, 7) is 11.9. The van der Waals surface area contributed by atoms with E-state index in [2.05, 4.69) is 43.3 Å². The van der Waals surface area contributed by atoms with Crippen LogP contribution < -0.4 is 16.0 Å². The van der Waals surface area contributed by atoms with E-state index in [0.717, 1.165) is 24.1 Å². The van der Waals surface area contributed by atoms with Crippen LogP contribution in [0.3, 0.4) is 0 Å². The SMILES string of the molecule is C=C(/C=C\NC(C)CC(CCNC)C(C)CC)NC. The zero-order valence-electron chi connectivity index (χ0n) is 13.4. The molecule has 0 heterocycles. The third kappa shape index (κ3) is 8.71. The van der Waals surface area contributed by atoms with Crippen molar-refractivity contribution in [1.29, 1.82) is 0 Å². The summed E-state index contributed by atoms with van der Waals surface area (Å²) in [5.41, 5.74) is 0.924. The van der Waals surface area contributed by atoms with Gasteiger partial charge in [-0.1, -0.05) is 26.8 Å². The molecule has 0 saturated heterocycles. The van der Waals surface area contributed by atoms with E-state index in [1.54, 1.807) is 0 Å². The van der Waals surface area contributed by atoms with E-state index in [1.807, 2.05) is 26.4 Å². The van der Waals surface area contributed by atoms with Gasteiger partial charge in [0.05, 0.1) is 0 Å². The van der Waals surface area contributed by atoms with E-state index >= 15 is 0 Å². The topological polar surface area (TPSA) is 36.1 Å². The summed E-state index contributed by atoms with van der Waals surface area (Å²) in [4.78, 5) is 0. The fourth-order valence-corrected chi connectivity index (χ4v) is 2.22. The first-order valence-corrected chi connectivity index (χ1v) is 7.48. The van der Waals surface area contributed by atoms with Gasteiger partial charge in [0, 0.05) is 18.8 Å². The maximum absolute atomic E-state index is 3.87. The van der Waals surface area contributed by atoms with E-state index in [4.69, 9.17) is 0 Å². The summed E-state index contributed by atoms with van der Waals surface area (Å²) in [5.74, 6) is 1.56. The summed E-state index contributed by atoms with van der Waals surface area (Å²) in [7, 11) is 3.91. The van der Waals surface area contributed by atoms with Crippen LogP contribution in [0.4, 0.5) is 0 Å². The van der Waals surface area contributed by atoms with Crippen molar-refractivity contribution in [3.63, 3.8) is 0 Å². The molecule has 3 nitrogen and oxygen atoms in total. The molecule has 0 aromatic heterocycles. The number of nitrogens with one attached hydrogen (secondary N) is 3. The third-order valence-corrected chi connectivity index (χ3v) is 3.86. The van der Waals surface area contributed by atoms with Gasteiger partial charge in [-0.05, 0) is 57.5 Å². The summed E-state index contributed by atoms with van der Waals surface area (Å²) in [6.07, 6.45) is 7.70. The highest BCUT2D eigenvalue weighted by Crippen LogP contribution is 2.23. The van der Waals surface area contributed by atoms with E-state index in [9.17, 15) is 0 Å². The van der Waals surface area contributed by atoms with Gasteiger partial charge in [-0.15, -0.1) is 0 Å². The van der Waals surface area contributed by atoms with Crippen LogP contribution in [0.15, 0.2) is 24.6 Å². The lowest BCUT2D eigenvalue weighted by molar-refractivity contribution is 0.282. The molecular weight excluding hydrogens is 234 g/mol. The fourth-order valence-electron chi connectivity index (χ4n) is 2.22. The van der Waals surface area contributed by atoms with E-state index in [-0.39, 0.29) is 0 Å². The monoisotopic (exact) mass is 267 g/mol. The quantitative estimate of drug-likeness (QED) is 0.504. The third-order valence-electron chi connectivity index (χ3n) is 3.86. The Hall–Kier alpha value is -0.960. The minimum Gasteiger partial charge on any atom is -0.389 e. The van der Waals surface area contributed by atoms with E-state index < -0.39 is 0 Å². The largest absolute Gasteiger partial charge is 0.389 e. The number of hydrogen-bond acceptors (Lipinski definition) is 3. The molecule has 0 saturated carbocycles. The van der Waals surface area contributed by atoms with Gasteiger partial charge in [-0.25, -0.2) is 0 Å². The van der Waals surface area contributed by atoms with Crippen molar-refractivity contribution in [3.8, 4) is 0 Å². The number of rotatable bonds is 11. The molecule has 0 rings (SSSR count). The second-order valence-corrected chi connectivity index (χ2v) is 5.45. The molecule has 0 aliphatic rings. The lowest BCUT2D eigenvalue weighted by Crippen LogP contribution is -2.28. The Morgan fingerprint density at radius 1 is 1.26 bits per heavy atom. The molecule has 3 heteroatoms. The first kappa shape index (κ1) is 18.0. The second-order valence-electron chi connectivity index (χ2n) is 5.45. The molecule has 0 bridgehead atoms. The zero-order valence-corrected chi connectivity index (χ0v) is 13.4. The molecule has 3 N–H and O–H groups in total. The van der Waals surface area contributed by atoms with Crippen molar-refractivity contribution in [3.05, 3.63) is 24.6 Å². The van der Waals surface area contributed by atoms with Crippen LogP contribution in [0.2, 0.25) is 0 Å². The molecule has 0 fully saturated rings. The minimum absolute atomic E-state index is 0.497. The van der Waals surface area contributed by atoms with Gasteiger partial charge >= 0.3 is 0 Å². The molecule has 0 aromatic carbocycles. The lowest BCUT2D eigenvalue weighted by Gasteiger charge is -2.26. The molecule has 0 aliphatic heterocycles. The molecule has 112 valence electrons. The molecule has 3 unspecified atom stereocenters. The molecular formula is C16H33N3. The Bertz CT molecular complexity index is 261. The van der Waals surface area contributed by atoms with Crippen LogP contribution in [-0.2, 0) is 0 Å². The van der Waals surface area contributed by atoms with Crippen molar-refractivity contribution >= 4 is 0 Å². The highest BCUT2D eigenvalue weighted by atomic mass is 14.9. The standard InChI is InChI=1S/C16H33N3/c1-7-13(2)16(9-10-17-5)12-15(4)19-11-8-14(3)18-6/h8,11,13,15-19H,3,7,9-10,12H2,1-2,4-6H3/b11-8-. The predicted octanol–water partition coefficient (Wildman–Crippen LogP) is 2.87. The summed E-state index contributed by atoms with van der Waals surface area (Å²) < 4.78 is 0. The molecule has 0 aromatic rings. The Balaban J connectivity index is 4.18. The van der Waals surface area contributed by atoms with Gasteiger partial charge in [-0.3, -0.25) is 0 Å². The summed E-state index contributed by atoms with van der Waals surface area (Å²) >= 11 is 0. The van der Waals surface area contributed by atoms with Gasteiger partial charge in [0.15, 0.2) is 0 Å². The minimum atomic E-state index is 0.497. The number of hydrogen-bond donors (Lipinski definition) is 3. The van der Waals surface area contributed by atoms with Gasteiger partial charge in [0.25, 0.3) is 0 Å². The van der Waals surface area contributed by atoms with Crippen LogP contribution >= 0.6 is 0 Å². The fraction of sp³-hybridized carbons (Fsp3) is 0.750. The van der Waals surface area contributed by atoms with E-state index in [0.29, 0.717) is 6.04 Å². The lowest BCUT2D eigenvalue weighted by atomic mass is 9.84. The summed E-state index contributed by atoms with van der Waals surface area (Å²) in [6, 6.07) is 0.497. The average molecular weight is 267 g/mol. The second kappa shape index (κ2) is 10.9. The van der Waals surface area contributed by atoms with Crippen LogP contribution in [-0.4, -0.2) is 26.7 Å². The van der Waals surface area contributed by atoms with Gasteiger partial charge in [0.1, 0.15) is 0 Å². The van der Waals surface area contributed by atoms with E-state index in [1.165, 1.54) is 19.3 Å². The van der Waals surface area contributed by atoms with Crippen molar-refractivity contribution in [2.24, 2.45) is 11.8 Å². The predicted molar refractivity (Wildman–Crippen MR) is 86.0 cm³/mol. The van der Waals surface area contributed by atoms with Crippen molar-refractivity contribution < 1.29 is 0 Å². The Kier molecular flexibility index (Phi) is 10.4. The zero-order chi connectivity index (χ0) is 14.7. The number of allylic oxidation sites excluding steroid dienone is 1. The Morgan fingerprint density at radius 2 is 1.95 bits per heavy atom. The molecule has 0 spiro atoms. The molecule has 3 atom stereocenters. The number of likely N-dealkylation sites (N-methyl/N-ethyl adjacent to an activating group) is 1. The first-order valence-electron chi connectivity index (χ1n) is 7.48. The molecule has 0 amide bonds. The van der Waals surface area contributed by atoms with Crippen molar-refractivity contribution in [1.82, 2.24) is 16.0 Å². The highest BCUT2D eigenvalue weighted by molar-refractivity contribution is 5.10. The Labute approximate surface area is 119 Å². The maximum atomic E-state index is 3.87. The van der Waals surface area contributed by atoms with Crippen LogP contribution in [0, 0.1) is 11.8 Å². The van der Waals surface area contributed by atoms with Gasteiger partial charge in [-0.2, -0.15) is 0 Å². The average Bonchev–Trinajstić information content (AvgIpc) is 2.42. The van der Waals surface area contributed by atoms with Crippen molar-refractivity contribution in [2.45, 2.75) is 46.1 Å². The van der Waals surface area contributed by atoms with Crippen molar-refractivity contribution in [2.75, 3.05) is 20.6 Å². The highest BCUT2D eigenvalue weighted by Gasteiger charge is 2.17. The smallest absolute Gasteiger partial charge is 0.0278 e. The normalized spacial score (nSPS) is 16.1. The Morgan fingerprint density at radius 3 is 2.47 bits per heavy atom. The van der Waals surface area contributed by atoms with Gasteiger partial charge in [0.2, 0.25) is 0 Å². The molecule has 0 aliphatic carbocycles.